The Balaban J connectivity index is 2.15. The van der Waals surface area contributed by atoms with Crippen molar-refractivity contribution in [3.05, 3.63) is 45.9 Å². The van der Waals surface area contributed by atoms with Gasteiger partial charge in [0, 0.05) is 29.4 Å². The van der Waals surface area contributed by atoms with Gasteiger partial charge in [0.15, 0.2) is 9.84 Å². The summed E-state index contributed by atoms with van der Waals surface area (Å²) in [7, 11) is -3.05. The van der Waals surface area contributed by atoms with Crippen molar-refractivity contribution in [3.8, 4) is 12.3 Å². The Morgan fingerprint density at radius 1 is 1.41 bits per heavy atom. The summed E-state index contributed by atoms with van der Waals surface area (Å²) in [4.78, 5) is 6.56. The van der Waals surface area contributed by atoms with Gasteiger partial charge in [-0.1, -0.05) is 12.0 Å². The van der Waals surface area contributed by atoms with Crippen LogP contribution in [0.2, 0.25) is 0 Å². The third kappa shape index (κ3) is 4.58. The SMILES string of the molecule is C#Cc1cccc(N(CC)Cc2csc(CS(C)(=O)=O)n2)c1. The minimum absolute atomic E-state index is 0.00360. The summed E-state index contributed by atoms with van der Waals surface area (Å²) in [5.74, 6) is 2.63. The van der Waals surface area contributed by atoms with Crippen molar-refractivity contribution in [1.29, 1.82) is 0 Å². The maximum Gasteiger partial charge on any atom is 0.153 e. The predicted octanol–water partition coefficient (Wildman–Crippen LogP) is 2.70. The van der Waals surface area contributed by atoms with Crippen molar-refractivity contribution >= 4 is 26.9 Å². The molecule has 1 aromatic heterocycles. The van der Waals surface area contributed by atoms with Gasteiger partial charge in [0.1, 0.15) is 10.8 Å². The zero-order valence-corrected chi connectivity index (χ0v) is 14.2. The highest BCUT2D eigenvalue weighted by molar-refractivity contribution is 7.90. The lowest BCUT2D eigenvalue weighted by molar-refractivity contribution is 0.601. The number of benzene rings is 1. The Morgan fingerprint density at radius 3 is 2.82 bits per heavy atom. The Kier molecular flexibility index (Phi) is 5.22. The zero-order valence-electron chi connectivity index (χ0n) is 12.6. The summed E-state index contributed by atoms with van der Waals surface area (Å²) in [6.07, 6.45) is 6.66. The molecule has 0 saturated heterocycles. The molecule has 1 heterocycles. The molecule has 0 fully saturated rings. The van der Waals surface area contributed by atoms with Crippen LogP contribution in [-0.2, 0) is 22.1 Å². The minimum atomic E-state index is -3.05. The van der Waals surface area contributed by atoms with E-state index in [0.717, 1.165) is 23.5 Å². The fourth-order valence-electron chi connectivity index (χ4n) is 2.09. The second kappa shape index (κ2) is 6.95. The van der Waals surface area contributed by atoms with Gasteiger partial charge >= 0.3 is 0 Å². The first-order valence-electron chi connectivity index (χ1n) is 6.84. The van der Waals surface area contributed by atoms with Crippen LogP contribution in [0.4, 0.5) is 5.69 Å². The summed E-state index contributed by atoms with van der Waals surface area (Å²) >= 11 is 1.38. The van der Waals surface area contributed by atoms with Gasteiger partial charge in [0.05, 0.1) is 12.2 Å². The molecule has 4 nitrogen and oxygen atoms in total. The average Bonchev–Trinajstić information content (AvgIpc) is 2.89. The van der Waals surface area contributed by atoms with E-state index in [-0.39, 0.29) is 5.75 Å². The molecule has 0 spiro atoms. The summed E-state index contributed by atoms with van der Waals surface area (Å²) < 4.78 is 22.6. The molecule has 0 aliphatic rings. The van der Waals surface area contributed by atoms with E-state index in [1.165, 1.54) is 17.6 Å². The second-order valence-electron chi connectivity index (χ2n) is 5.01. The molecule has 0 bridgehead atoms. The smallest absolute Gasteiger partial charge is 0.153 e. The van der Waals surface area contributed by atoms with Crippen LogP contribution in [0.5, 0.6) is 0 Å². The van der Waals surface area contributed by atoms with Crippen molar-refractivity contribution < 1.29 is 8.42 Å². The summed E-state index contributed by atoms with van der Waals surface area (Å²) in [5.41, 5.74) is 2.75. The molecule has 0 aliphatic heterocycles. The number of terminal acetylenes is 1. The van der Waals surface area contributed by atoms with Crippen LogP contribution >= 0.6 is 11.3 Å². The van der Waals surface area contributed by atoms with E-state index >= 15 is 0 Å². The molecule has 22 heavy (non-hydrogen) atoms. The van der Waals surface area contributed by atoms with Crippen molar-refractivity contribution in [1.82, 2.24) is 4.98 Å². The van der Waals surface area contributed by atoms with Crippen LogP contribution in [-0.4, -0.2) is 26.2 Å². The number of sulfone groups is 1. The van der Waals surface area contributed by atoms with Crippen molar-refractivity contribution in [2.24, 2.45) is 0 Å². The van der Waals surface area contributed by atoms with E-state index in [2.05, 4.69) is 22.7 Å². The first-order valence-corrected chi connectivity index (χ1v) is 9.78. The predicted molar refractivity (Wildman–Crippen MR) is 91.8 cm³/mol. The molecule has 116 valence electrons. The number of aromatic nitrogens is 1. The van der Waals surface area contributed by atoms with Gasteiger partial charge in [-0.15, -0.1) is 17.8 Å². The van der Waals surface area contributed by atoms with E-state index in [4.69, 9.17) is 6.42 Å². The van der Waals surface area contributed by atoms with Crippen LogP contribution in [0.1, 0.15) is 23.2 Å². The molecule has 0 unspecified atom stereocenters. The first-order chi connectivity index (χ1) is 10.4. The van der Waals surface area contributed by atoms with Gasteiger partial charge < -0.3 is 4.90 Å². The Bertz CT molecular complexity index is 788. The van der Waals surface area contributed by atoms with Gasteiger partial charge in [-0.05, 0) is 25.1 Å². The number of nitrogens with zero attached hydrogens (tertiary/aromatic N) is 2. The third-order valence-corrected chi connectivity index (χ3v) is 4.98. The highest BCUT2D eigenvalue weighted by atomic mass is 32.2. The van der Waals surface area contributed by atoms with Crippen LogP contribution in [0.3, 0.4) is 0 Å². The quantitative estimate of drug-likeness (QED) is 0.762. The van der Waals surface area contributed by atoms with Crippen molar-refractivity contribution in [2.45, 2.75) is 19.2 Å². The molecule has 0 atom stereocenters. The Labute approximate surface area is 135 Å². The monoisotopic (exact) mass is 334 g/mol. The molecule has 1 aromatic carbocycles. The zero-order chi connectivity index (χ0) is 16.2. The lowest BCUT2D eigenvalue weighted by Crippen LogP contribution is -2.22. The van der Waals surface area contributed by atoms with E-state index in [1.807, 2.05) is 29.6 Å². The lowest BCUT2D eigenvalue weighted by atomic mass is 10.2. The van der Waals surface area contributed by atoms with Crippen LogP contribution in [0.15, 0.2) is 29.6 Å². The molecule has 0 aliphatic carbocycles. The number of hydrogen-bond acceptors (Lipinski definition) is 5. The van der Waals surface area contributed by atoms with Crippen molar-refractivity contribution in [2.75, 3.05) is 17.7 Å². The molecule has 6 heteroatoms. The normalized spacial score (nSPS) is 11.1. The van der Waals surface area contributed by atoms with Gasteiger partial charge in [0.25, 0.3) is 0 Å². The van der Waals surface area contributed by atoms with Gasteiger partial charge in [-0.3, -0.25) is 0 Å². The number of hydrogen-bond donors (Lipinski definition) is 0. The van der Waals surface area contributed by atoms with Crippen molar-refractivity contribution in [3.63, 3.8) is 0 Å². The summed E-state index contributed by atoms with van der Waals surface area (Å²) in [6, 6.07) is 7.80. The molecule has 0 N–H and O–H groups in total. The van der Waals surface area contributed by atoms with Crippen LogP contribution in [0.25, 0.3) is 0 Å². The molecule has 2 rings (SSSR count). The maximum absolute atomic E-state index is 11.3. The fraction of sp³-hybridized carbons (Fsp3) is 0.312. The maximum atomic E-state index is 11.3. The Hall–Kier alpha value is -1.84. The minimum Gasteiger partial charge on any atom is -0.366 e. The molecular formula is C16H18N2O2S2. The van der Waals surface area contributed by atoms with Crippen LogP contribution in [0, 0.1) is 12.3 Å². The third-order valence-electron chi connectivity index (χ3n) is 3.10. The number of rotatable bonds is 6. The lowest BCUT2D eigenvalue weighted by Gasteiger charge is -2.22. The molecule has 0 saturated carbocycles. The summed E-state index contributed by atoms with van der Waals surface area (Å²) in [5, 5.41) is 2.54. The topological polar surface area (TPSA) is 50.3 Å². The van der Waals surface area contributed by atoms with Gasteiger partial charge in [-0.25, -0.2) is 13.4 Å². The Morgan fingerprint density at radius 2 is 2.18 bits per heavy atom. The first kappa shape index (κ1) is 16.5. The second-order valence-corrected chi connectivity index (χ2v) is 8.09. The summed E-state index contributed by atoms with van der Waals surface area (Å²) in [6.45, 7) is 3.50. The van der Waals surface area contributed by atoms with Crippen LogP contribution < -0.4 is 4.90 Å². The molecular weight excluding hydrogens is 316 g/mol. The van der Waals surface area contributed by atoms with E-state index in [9.17, 15) is 8.42 Å². The van der Waals surface area contributed by atoms with E-state index in [0.29, 0.717) is 11.6 Å². The molecule has 0 amide bonds. The van der Waals surface area contributed by atoms with E-state index < -0.39 is 9.84 Å². The van der Waals surface area contributed by atoms with Gasteiger partial charge in [0.2, 0.25) is 0 Å². The standard InChI is InChI=1S/C16H18N2O2S2/c1-4-13-7-6-8-15(9-13)18(5-2)10-14-11-21-16(17-14)12-22(3,19)20/h1,6-9,11H,5,10,12H2,2-3H3. The number of thiazole rings is 1. The average molecular weight is 334 g/mol. The highest BCUT2D eigenvalue weighted by Crippen LogP contribution is 2.20. The fourth-order valence-corrected chi connectivity index (χ4v) is 4.08. The number of anilines is 1. The van der Waals surface area contributed by atoms with Gasteiger partial charge in [-0.2, -0.15) is 0 Å². The largest absolute Gasteiger partial charge is 0.366 e. The molecule has 2 aromatic rings. The van der Waals surface area contributed by atoms with E-state index in [1.54, 1.807) is 0 Å². The highest BCUT2D eigenvalue weighted by Gasteiger charge is 2.12. The molecule has 0 radical (unpaired) electrons.